The Morgan fingerprint density at radius 2 is 2.15 bits per heavy atom. The third-order valence-corrected chi connectivity index (χ3v) is 3.69. The fourth-order valence-corrected chi connectivity index (χ4v) is 3.02. The fourth-order valence-electron chi connectivity index (χ4n) is 3.02. The van der Waals surface area contributed by atoms with Gasteiger partial charge in [0.1, 0.15) is 0 Å². The monoisotopic (exact) mass is 181 g/mol. The van der Waals surface area contributed by atoms with Crippen LogP contribution < -0.4 is 5.32 Å². The van der Waals surface area contributed by atoms with Gasteiger partial charge in [0.25, 0.3) is 0 Å². The molecule has 74 valence electrons. The molecule has 2 aliphatic rings. The van der Waals surface area contributed by atoms with Gasteiger partial charge in [-0.25, -0.2) is 0 Å². The normalized spacial score (nSPS) is 40.4. The molecule has 2 rings (SSSR count). The summed E-state index contributed by atoms with van der Waals surface area (Å²) in [5.41, 5.74) is 0.0376. The van der Waals surface area contributed by atoms with Crippen LogP contribution in [0.25, 0.3) is 0 Å². The molecule has 2 unspecified atom stereocenters. The average molecular weight is 181 g/mol. The second-order valence-electron chi connectivity index (χ2n) is 4.84. The van der Waals surface area contributed by atoms with Gasteiger partial charge in [0.05, 0.1) is 0 Å². The van der Waals surface area contributed by atoms with E-state index in [0.717, 1.165) is 31.7 Å². The maximum Gasteiger partial charge on any atom is 0.226 e. The zero-order chi connectivity index (χ0) is 9.31. The highest BCUT2D eigenvalue weighted by Crippen LogP contribution is 2.44. The predicted octanol–water partition coefficient (Wildman–Crippen LogP) is 2.09. The minimum absolute atomic E-state index is 0.0376. The Morgan fingerprint density at radius 1 is 1.38 bits per heavy atom. The molecule has 13 heavy (non-hydrogen) atoms. The SMILES string of the molecule is CC1CCCC2(CCCNC2=O)C1. The van der Waals surface area contributed by atoms with Crippen molar-refractivity contribution in [3.63, 3.8) is 0 Å². The van der Waals surface area contributed by atoms with Crippen LogP contribution in [0.3, 0.4) is 0 Å². The van der Waals surface area contributed by atoms with Crippen molar-refractivity contribution in [2.75, 3.05) is 6.54 Å². The predicted molar refractivity (Wildman–Crippen MR) is 52.3 cm³/mol. The summed E-state index contributed by atoms with van der Waals surface area (Å²) in [7, 11) is 0. The van der Waals surface area contributed by atoms with Gasteiger partial charge >= 0.3 is 0 Å². The Bertz CT molecular complexity index is 210. The smallest absolute Gasteiger partial charge is 0.226 e. The highest BCUT2D eigenvalue weighted by atomic mass is 16.2. The van der Waals surface area contributed by atoms with Crippen LogP contribution in [0.4, 0.5) is 0 Å². The number of rotatable bonds is 0. The molecular weight excluding hydrogens is 162 g/mol. The van der Waals surface area contributed by atoms with Crippen LogP contribution in [-0.4, -0.2) is 12.5 Å². The van der Waals surface area contributed by atoms with Gasteiger partial charge in [0.15, 0.2) is 0 Å². The summed E-state index contributed by atoms with van der Waals surface area (Å²) >= 11 is 0. The standard InChI is InChI=1S/C11H19NO/c1-9-4-2-5-11(8-9)6-3-7-12-10(11)13/h9H,2-8H2,1H3,(H,12,13). The van der Waals surface area contributed by atoms with Crippen LogP contribution in [0.15, 0.2) is 0 Å². The first-order chi connectivity index (χ1) is 6.23. The van der Waals surface area contributed by atoms with Crippen molar-refractivity contribution in [2.24, 2.45) is 11.3 Å². The summed E-state index contributed by atoms with van der Waals surface area (Å²) in [6.45, 7) is 3.18. The molecule has 1 heterocycles. The van der Waals surface area contributed by atoms with E-state index >= 15 is 0 Å². The minimum Gasteiger partial charge on any atom is -0.356 e. The molecule has 1 saturated heterocycles. The summed E-state index contributed by atoms with van der Waals surface area (Å²) in [6.07, 6.45) is 7.12. The molecule has 1 spiro atoms. The average Bonchev–Trinajstić information content (AvgIpc) is 2.11. The van der Waals surface area contributed by atoms with E-state index in [1.54, 1.807) is 0 Å². The van der Waals surface area contributed by atoms with Crippen molar-refractivity contribution in [3.8, 4) is 0 Å². The van der Waals surface area contributed by atoms with E-state index in [1.165, 1.54) is 19.3 Å². The Hall–Kier alpha value is -0.530. The molecule has 1 aliphatic heterocycles. The Kier molecular flexibility index (Phi) is 2.31. The molecule has 1 saturated carbocycles. The van der Waals surface area contributed by atoms with Gasteiger partial charge in [-0.3, -0.25) is 4.79 Å². The summed E-state index contributed by atoms with van der Waals surface area (Å²) in [4.78, 5) is 11.8. The van der Waals surface area contributed by atoms with E-state index in [-0.39, 0.29) is 5.41 Å². The first-order valence-corrected chi connectivity index (χ1v) is 5.51. The molecule has 0 aromatic rings. The zero-order valence-corrected chi connectivity index (χ0v) is 8.44. The quantitative estimate of drug-likeness (QED) is 0.609. The molecule has 2 nitrogen and oxygen atoms in total. The molecule has 1 N–H and O–H groups in total. The molecule has 1 aliphatic carbocycles. The third-order valence-electron chi connectivity index (χ3n) is 3.69. The first kappa shape index (κ1) is 9.04. The van der Waals surface area contributed by atoms with E-state index in [1.807, 2.05) is 0 Å². The molecule has 2 fully saturated rings. The molecule has 0 aromatic heterocycles. The van der Waals surface area contributed by atoms with E-state index in [2.05, 4.69) is 12.2 Å². The summed E-state index contributed by atoms with van der Waals surface area (Å²) < 4.78 is 0. The Labute approximate surface area is 80.1 Å². The number of hydrogen-bond acceptors (Lipinski definition) is 1. The largest absolute Gasteiger partial charge is 0.356 e. The van der Waals surface area contributed by atoms with Crippen LogP contribution in [0.5, 0.6) is 0 Å². The van der Waals surface area contributed by atoms with Crippen LogP contribution >= 0.6 is 0 Å². The Morgan fingerprint density at radius 3 is 2.85 bits per heavy atom. The van der Waals surface area contributed by atoms with E-state index in [9.17, 15) is 4.79 Å². The van der Waals surface area contributed by atoms with Gasteiger partial charge in [0.2, 0.25) is 5.91 Å². The Balaban J connectivity index is 2.11. The first-order valence-electron chi connectivity index (χ1n) is 5.51. The van der Waals surface area contributed by atoms with E-state index < -0.39 is 0 Å². The number of carbonyl (C=O) groups excluding carboxylic acids is 1. The fraction of sp³-hybridized carbons (Fsp3) is 0.909. The summed E-state index contributed by atoms with van der Waals surface area (Å²) in [5, 5.41) is 3.02. The van der Waals surface area contributed by atoms with Gasteiger partial charge in [-0.05, 0) is 31.6 Å². The minimum atomic E-state index is 0.0376. The van der Waals surface area contributed by atoms with Crippen molar-refractivity contribution in [1.82, 2.24) is 5.32 Å². The molecule has 2 atom stereocenters. The second-order valence-corrected chi connectivity index (χ2v) is 4.84. The van der Waals surface area contributed by atoms with Crippen molar-refractivity contribution in [3.05, 3.63) is 0 Å². The van der Waals surface area contributed by atoms with Crippen LogP contribution in [0.1, 0.15) is 45.4 Å². The van der Waals surface area contributed by atoms with E-state index in [0.29, 0.717) is 5.91 Å². The van der Waals surface area contributed by atoms with Crippen molar-refractivity contribution in [2.45, 2.75) is 45.4 Å². The van der Waals surface area contributed by atoms with Crippen molar-refractivity contribution >= 4 is 5.91 Å². The lowest BCUT2D eigenvalue weighted by Crippen LogP contribution is -2.48. The van der Waals surface area contributed by atoms with Gasteiger partial charge in [-0.15, -0.1) is 0 Å². The maximum atomic E-state index is 11.8. The number of piperidine rings is 1. The molecule has 0 bridgehead atoms. The molecule has 2 heteroatoms. The lowest BCUT2D eigenvalue weighted by atomic mass is 9.66. The molecule has 1 amide bonds. The van der Waals surface area contributed by atoms with Gasteiger partial charge in [-0.1, -0.05) is 19.8 Å². The van der Waals surface area contributed by atoms with Crippen molar-refractivity contribution < 1.29 is 4.79 Å². The van der Waals surface area contributed by atoms with E-state index in [4.69, 9.17) is 0 Å². The maximum absolute atomic E-state index is 11.8. The van der Waals surface area contributed by atoms with Crippen molar-refractivity contribution in [1.29, 1.82) is 0 Å². The third kappa shape index (κ3) is 1.59. The number of amides is 1. The van der Waals surface area contributed by atoms with Crippen LogP contribution in [0, 0.1) is 11.3 Å². The lowest BCUT2D eigenvalue weighted by molar-refractivity contribution is -0.136. The molecule has 0 radical (unpaired) electrons. The summed E-state index contributed by atoms with van der Waals surface area (Å²) in [6, 6.07) is 0. The number of carbonyl (C=O) groups is 1. The van der Waals surface area contributed by atoms with Gasteiger partial charge in [-0.2, -0.15) is 0 Å². The molecular formula is C11H19NO. The molecule has 0 aromatic carbocycles. The van der Waals surface area contributed by atoms with Crippen LogP contribution in [0.2, 0.25) is 0 Å². The second kappa shape index (κ2) is 3.32. The van der Waals surface area contributed by atoms with Gasteiger partial charge in [0, 0.05) is 12.0 Å². The lowest BCUT2D eigenvalue weighted by Gasteiger charge is -2.41. The number of hydrogen-bond donors (Lipinski definition) is 1. The summed E-state index contributed by atoms with van der Waals surface area (Å²) in [5.74, 6) is 1.09. The topological polar surface area (TPSA) is 29.1 Å². The zero-order valence-electron chi connectivity index (χ0n) is 8.44. The van der Waals surface area contributed by atoms with Gasteiger partial charge < -0.3 is 5.32 Å². The van der Waals surface area contributed by atoms with Crippen LogP contribution in [-0.2, 0) is 4.79 Å². The number of nitrogens with one attached hydrogen (secondary N) is 1. The highest BCUT2D eigenvalue weighted by molar-refractivity contribution is 5.83. The highest BCUT2D eigenvalue weighted by Gasteiger charge is 2.42.